The number of benzene rings is 2. The average Bonchev–Trinajstić information content (AvgIpc) is 3.21. The van der Waals surface area contributed by atoms with Crippen molar-refractivity contribution in [3.63, 3.8) is 0 Å². The minimum atomic E-state index is -0.240. The van der Waals surface area contributed by atoms with Crippen molar-refractivity contribution < 1.29 is 9.53 Å². The SMILES string of the molecule is Cc1ccc(NC(=O)c2sc3nc(N4CCOCC4)nc(SCc4ccccc4)c3c2N)cc1. The number of nitrogens with zero attached hydrogens (tertiary/aromatic N) is 3. The van der Waals surface area contributed by atoms with Gasteiger partial charge < -0.3 is 20.7 Å². The summed E-state index contributed by atoms with van der Waals surface area (Å²) in [5, 5.41) is 4.49. The lowest BCUT2D eigenvalue weighted by atomic mass is 10.2. The molecule has 9 heteroatoms. The van der Waals surface area contributed by atoms with Crippen LogP contribution in [0.3, 0.4) is 0 Å². The lowest BCUT2D eigenvalue weighted by Gasteiger charge is -2.27. The third kappa shape index (κ3) is 4.86. The van der Waals surface area contributed by atoms with Crippen molar-refractivity contribution >= 4 is 56.5 Å². The molecular formula is C25H25N5O2S2. The molecule has 3 N–H and O–H groups in total. The molecule has 1 aliphatic heterocycles. The van der Waals surface area contributed by atoms with Crippen LogP contribution in [0.15, 0.2) is 59.6 Å². The molecule has 7 nitrogen and oxygen atoms in total. The highest BCUT2D eigenvalue weighted by atomic mass is 32.2. The van der Waals surface area contributed by atoms with E-state index in [4.69, 9.17) is 20.4 Å². The normalized spacial score (nSPS) is 13.9. The number of amides is 1. The Bertz CT molecular complexity index is 1300. The highest BCUT2D eigenvalue weighted by Gasteiger charge is 2.24. The monoisotopic (exact) mass is 491 g/mol. The quantitative estimate of drug-likeness (QED) is 0.291. The van der Waals surface area contributed by atoms with E-state index in [-0.39, 0.29) is 5.91 Å². The minimum absolute atomic E-state index is 0.240. The number of ether oxygens (including phenoxy) is 1. The van der Waals surface area contributed by atoms with Gasteiger partial charge in [-0.15, -0.1) is 23.1 Å². The molecule has 0 unspecified atom stereocenters. The van der Waals surface area contributed by atoms with E-state index < -0.39 is 0 Å². The van der Waals surface area contributed by atoms with Crippen LogP contribution in [0.25, 0.3) is 10.2 Å². The van der Waals surface area contributed by atoms with Gasteiger partial charge in [0.05, 0.1) is 24.3 Å². The second-order valence-electron chi connectivity index (χ2n) is 8.05. The molecule has 0 atom stereocenters. The van der Waals surface area contributed by atoms with Crippen LogP contribution < -0.4 is 16.0 Å². The van der Waals surface area contributed by atoms with Crippen LogP contribution in [-0.2, 0) is 10.5 Å². The van der Waals surface area contributed by atoms with Crippen molar-refractivity contribution in [2.75, 3.05) is 42.3 Å². The summed E-state index contributed by atoms with van der Waals surface area (Å²) in [4.78, 5) is 26.1. The number of thiophene rings is 1. The Hall–Kier alpha value is -3.14. The molecule has 1 aliphatic rings. The average molecular weight is 492 g/mol. The summed E-state index contributed by atoms with van der Waals surface area (Å²) >= 11 is 2.92. The summed E-state index contributed by atoms with van der Waals surface area (Å²) in [6.07, 6.45) is 0. The van der Waals surface area contributed by atoms with E-state index in [9.17, 15) is 4.79 Å². The molecular weight excluding hydrogens is 466 g/mol. The smallest absolute Gasteiger partial charge is 0.267 e. The topological polar surface area (TPSA) is 93.4 Å². The fourth-order valence-corrected chi connectivity index (χ4v) is 5.75. The number of rotatable bonds is 6. The molecule has 2 aromatic carbocycles. The molecule has 4 aromatic rings. The maximum absolute atomic E-state index is 13.1. The Balaban J connectivity index is 1.51. The van der Waals surface area contributed by atoms with Gasteiger partial charge in [-0.3, -0.25) is 4.79 Å². The van der Waals surface area contributed by atoms with Gasteiger partial charge in [-0.05, 0) is 24.6 Å². The summed E-state index contributed by atoms with van der Waals surface area (Å²) in [5.74, 6) is 1.16. The van der Waals surface area contributed by atoms with Crippen LogP contribution in [-0.4, -0.2) is 42.2 Å². The van der Waals surface area contributed by atoms with Gasteiger partial charge in [0.25, 0.3) is 5.91 Å². The van der Waals surface area contributed by atoms with Crippen LogP contribution in [0.1, 0.15) is 20.8 Å². The van der Waals surface area contributed by atoms with Crippen molar-refractivity contribution in [2.45, 2.75) is 17.7 Å². The predicted octanol–water partition coefficient (Wildman–Crippen LogP) is 4.96. The molecule has 2 aromatic heterocycles. The standard InChI is InChI=1S/C25H25N5O2S2/c1-16-7-9-18(10-8-16)27-22(31)21-20(26)19-23(33-15-17-5-3-2-4-6-17)28-25(29-24(19)34-21)30-11-13-32-14-12-30/h2-10H,11-15,26H2,1H3,(H,27,31). The van der Waals surface area contributed by atoms with Gasteiger partial charge in [0.15, 0.2) is 0 Å². The van der Waals surface area contributed by atoms with Gasteiger partial charge in [0.2, 0.25) is 5.95 Å². The van der Waals surface area contributed by atoms with E-state index in [2.05, 4.69) is 22.3 Å². The Morgan fingerprint density at radius 3 is 2.59 bits per heavy atom. The number of hydrogen-bond acceptors (Lipinski definition) is 8. The maximum Gasteiger partial charge on any atom is 0.267 e. The van der Waals surface area contributed by atoms with Crippen molar-refractivity contribution in [3.05, 3.63) is 70.6 Å². The number of fused-ring (bicyclic) bond motifs is 1. The number of carbonyl (C=O) groups excluding carboxylic acids is 1. The first kappa shape index (κ1) is 22.6. The number of aromatic nitrogens is 2. The minimum Gasteiger partial charge on any atom is -0.397 e. The molecule has 1 amide bonds. The van der Waals surface area contributed by atoms with Crippen molar-refractivity contribution in [1.82, 2.24) is 9.97 Å². The van der Waals surface area contributed by atoms with Crippen molar-refractivity contribution in [1.29, 1.82) is 0 Å². The molecule has 0 saturated carbocycles. The lowest BCUT2D eigenvalue weighted by molar-refractivity contribution is 0.103. The van der Waals surface area contributed by atoms with E-state index in [1.54, 1.807) is 11.8 Å². The maximum atomic E-state index is 13.1. The number of nitrogens with one attached hydrogen (secondary N) is 1. The number of nitrogen functional groups attached to an aromatic ring is 1. The van der Waals surface area contributed by atoms with Gasteiger partial charge in [-0.2, -0.15) is 0 Å². The molecule has 5 rings (SSSR count). The van der Waals surface area contributed by atoms with Gasteiger partial charge in [0.1, 0.15) is 14.7 Å². The fraction of sp³-hybridized carbons (Fsp3) is 0.240. The molecule has 1 fully saturated rings. The third-order valence-electron chi connectivity index (χ3n) is 5.57. The summed E-state index contributed by atoms with van der Waals surface area (Å²) in [6, 6.07) is 17.9. The lowest BCUT2D eigenvalue weighted by Crippen LogP contribution is -2.37. The first-order chi connectivity index (χ1) is 16.6. The van der Waals surface area contributed by atoms with Crippen molar-refractivity contribution in [2.24, 2.45) is 0 Å². The third-order valence-corrected chi connectivity index (χ3v) is 7.72. The summed E-state index contributed by atoms with van der Waals surface area (Å²) in [6.45, 7) is 4.76. The second kappa shape index (κ2) is 10.0. The number of aryl methyl sites for hydroxylation is 1. The molecule has 0 spiro atoms. The Kier molecular flexibility index (Phi) is 6.66. The van der Waals surface area contributed by atoms with Crippen LogP contribution >= 0.6 is 23.1 Å². The van der Waals surface area contributed by atoms with Crippen molar-refractivity contribution in [3.8, 4) is 0 Å². The zero-order valence-corrected chi connectivity index (χ0v) is 20.4. The van der Waals surface area contributed by atoms with E-state index in [0.717, 1.165) is 45.3 Å². The van der Waals surface area contributed by atoms with Crippen LogP contribution in [0.4, 0.5) is 17.3 Å². The molecule has 3 heterocycles. The van der Waals surface area contributed by atoms with E-state index in [1.807, 2.05) is 49.4 Å². The van der Waals surface area contributed by atoms with Gasteiger partial charge in [-0.1, -0.05) is 48.0 Å². The van der Waals surface area contributed by atoms with E-state index in [0.29, 0.717) is 29.7 Å². The second-order valence-corrected chi connectivity index (χ2v) is 10.0. The summed E-state index contributed by atoms with van der Waals surface area (Å²) in [7, 11) is 0. The Morgan fingerprint density at radius 1 is 1.12 bits per heavy atom. The molecule has 34 heavy (non-hydrogen) atoms. The Morgan fingerprint density at radius 2 is 1.85 bits per heavy atom. The molecule has 0 aliphatic carbocycles. The largest absolute Gasteiger partial charge is 0.397 e. The number of carbonyl (C=O) groups is 1. The molecule has 1 saturated heterocycles. The first-order valence-electron chi connectivity index (χ1n) is 11.1. The number of hydrogen-bond donors (Lipinski definition) is 2. The zero-order valence-electron chi connectivity index (χ0n) is 18.8. The van der Waals surface area contributed by atoms with Crippen LogP contribution in [0.2, 0.25) is 0 Å². The molecule has 174 valence electrons. The van der Waals surface area contributed by atoms with Crippen LogP contribution in [0.5, 0.6) is 0 Å². The first-order valence-corrected chi connectivity index (χ1v) is 12.9. The molecule has 0 bridgehead atoms. The van der Waals surface area contributed by atoms with Crippen LogP contribution in [0, 0.1) is 6.92 Å². The highest BCUT2D eigenvalue weighted by molar-refractivity contribution is 7.98. The van der Waals surface area contributed by atoms with E-state index >= 15 is 0 Å². The van der Waals surface area contributed by atoms with E-state index in [1.165, 1.54) is 16.9 Å². The zero-order chi connectivity index (χ0) is 23.5. The van der Waals surface area contributed by atoms with Gasteiger partial charge in [-0.25, -0.2) is 9.97 Å². The Labute approximate surface area is 206 Å². The predicted molar refractivity (Wildman–Crippen MR) is 140 cm³/mol. The fourth-order valence-electron chi connectivity index (χ4n) is 3.71. The van der Waals surface area contributed by atoms with Gasteiger partial charge in [0, 0.05) is 24.5 Å². The number of nitrogens with two attached hydrogens (primary N) is 1. The number of thioether (sulfide) groups is 1. The number of anilines is 3. The summed E-state index contributed by atoms with van der Waals surface area (Å²) < 4.78 is 5.49. The highest BCUT2D eigenvalue weighted by Crippen LogP contribution is 2.40. The molecule has 0 radical (unpaired) electrons. The number of morpholine rings is 1. The summed E-state index contributed by atoms with van der Waals surface area (Å²) in [5.41, 5.74) is 10.0. The van der Waals surface area contributed by atoms with Gasteiger partial charge >= 0.3 is 0 Å².